The fraction of sp³-hybridized carbons (Fsp3) is 0.375. The first-order valence-electron chi connectivity index (χ1n) is 8.04. The molecule has 1 aliphatic heterocycles. The fourth-order valence-electron chi connectivity index (χ4n) is 2.74. The number of aryl methyl sites for hydroxylation is 1. The van der Waals surface area contributed by atoms with Crippen LogP contribution in [0.2, 0.25) is 0 Å². The second-order valence-electron chi connectivity index (χ2n) is 6.04. The molecule has 10 nitrogen and oxygen atoms in total. The molecule has 3 heterocycles. The normalized spacial score (nSPS) is 16.5. The molecule has 1 saturated heterocycles. The zero-order chi connectivity index (χ0) is 18.7. The maximum atomic E-state index is 12.2. The number of rotatable bonds is 5. The molecule has 1 atom stereocenters. The molecule has 2 amide bonds. The molecule has 3 rings (SSSR count). The number of nitrogens with two attached hydrogens (primary N) is 1. The lowest BCUT2D eigenvalue weighted by atomic mass is 10.1. The van der Waals surface area contributed by atoms with Crippen molar-refractivity contribution in [1.29, 1.82) is 0 Å². The Labute approximate surface area is 148 Å². The van der Waals surface area contributed by atoms with E-state index >= 15 is 0 Å². The topological polar surface area (TPSA) is 144 Å². The van der Waals surface area contributed by atoms with Crippen molar-refractivity contribution in [2.24, 2.45) is 5.92 Å². The van der Waals surface area contributed by atoms with E-state index in [0.29, 0.717) is 37.0 Å². The molecular weight excluding hydrogens is 342 g/mol. The number of carboxylic acid groups (broad SMARTS) is 1. The first-order valence-corrected chi connectivity index (χ1v) is 8.04. The standard InChI is InChI=1S/C16H19N5O5/c1-9-13(14(17)26-20-9)15(22)19-11-2-3-12(18-6-11)25-8-10-4-5-21(7-10)16(23)24/h2-3,6,10H,4-5,7-8,17H2,1H3,(H,19,22)(H,23,24)/t10-/m0/s1. The molecule has 0 saturated carbocycles. The predicted octanol–water partition coefficient (Wildman–Crippen LogP) is 1.59. The molecule has 1 aliphatic rings. The highest BCUT2D eigenvalue weighted by molar-refractivity contribution is 6.07. The maximum absolute atomic E-state index is 12.2. The quantitative estimate of drug-likeness (QED) is 0.728. The molecule has 0 radical (unpaired) electrons. The third-order valence-corrected chi connectivity index (χ3v) is 4.13. The molecule has 0 spiro atoms. The molecule has 0 unspecified atom stereocenters. The Balaban J connectivity index is 1.52. The van der Waals surface area contributed by atoms with Gasteiger partial charge >= 0.3 is 6.09 Å². The second kappa shape index (κ2) is 7.30. The molecule has 26 heavy (non-hydrogen) atoms. The van der Waals surface area contributed by atoms with Crippen LogP contribution in [0.15, 0.2) is 22.9 Å². The second-order valence-corrected chi connectivity index (χ2v) is 6.04. The molecule has 4 N–H and O–H groups in total. The van der Waals surface area contributed by atoms with Crippen LogP contribution in [0.25, 0.3) is 0 Å². The zero-order valence-electron chi connectivity index (χ0n) is 14.1. The van der Waals surface area contributed by atoms with Crippen LogP contribution in [0.4, 0.5) is 16.4 Å². The molecule has 0 aliphatic carbocycles. The lowest BCUT2D eigenvalue weighted by molar-refractivity contribution is 0.102. The van der Waals surface area contributed by atoms with E-state index < -0.39 is 12.0 Å². The van der Waals surface area contributed by atoms with Crippen molar-refractivity contribution >= 4 is 23.6 Å². The number of aromatic nitrogens is 2. The van der Waals surface area contributed by atoms with Crippen LogP contribution in [0, 0.1) is 12.8 Å². The fourth-order valence-corrected chi connectivity index (χ4v) is 2.74. The Hall–Kier alpha value is -3.30. The van der Waals surface area contributed by atoms with Crippen molar-refractivity contribution in [3.8, 4) is 5.88 Å². The number of pyridine rings is 1. The number of carbonyl (C=O) groups excluding carboxylic acids is 1. The minimum atomic E-state index is -0.908. The van der Waals surface area contributed by atoms with Gasteiger partial charge in [0.25, 0.3) is 5.91 Å². The van der Waals surface area contributed by atoms with Gasteiger partial charge in [-0.3, -0.25) is 4.79 Å². The van der Waals surface area contributed by atoms with Gasteiger partial charge in [0.15, 0.2) is 0 Å². The summed E-state index contributed by atoms with van der Waals surface area (Å²) in [6, 6.07) is 3.28. The Bertz CT molecular complexity index is 784. The van der Waals surface area contributed by atoms with E-state index in [9.17, 15) is 9.59 Å². The van der Waals surface area contributed by atoms with Crippen molar-refractivity contribution in [2.45, 2.75) is 13.3 Å². The molecule has 1 fully saturated rings. The van der Waals surface area contributed by atoms with Gasteiger partial charge in [0.2, 0.25) is 11.8 Å². The molecule has 0 aromatic carbocycles. The molecule has 10 heteroatoms. The van der Waals surface area contributed by atoms with E-state index in [2.05, 4.69) is 15.5 Å². The van der Waals surface area contributed by atoms with Crippen molar-refractivity contribution < 1.29 is 24.0 Å². The number of nitrogens with zero attached hydrogens (tertiary/aromatic N) is 3. The van der Waals surface area contributed by atoms with E-state index in [1.807, 2.05) is 0 Å². The minimum absolute atomic E-state index is 0.0418. The summed E-state index contributed by atoms with van der Waals surface area (Å²) in [5, 5.41) is 15.2. The van der Waals surface area contributed by atoms with Gasteiger partial charge in [0, 0.05) is 25.1 Å². The van der Waals surface area contributed by atoms with Crippen molar-refractivity contribution in [2.75, 3.05) is 30.7 Å². The third kappa shape index (κ3) is 3.85. The van der Waals surface area contributed by atoms with Gasteiger partial charge in [-0.2, -0.15) is 0 Å². The third-order valence-electron chi connectivity index (χ3n) is 4.13. The number of ether oxygens (including phenoxy) is 1. The minimum Gasteiger partial charge on any atom is -0.477 e. The zero-order valence-corrected chi connectivity index (χ0v) is 14.1. The lowest BCUT2D eigenvalue weighted by Gasteiger charge is -2.13. The van der Waals surface area contributed by atoms with Crippen LogP contribution in [0.1, 0.15) is 22.5 Å². The first-order chi connectivity index (χ1) is 12.4. The maximum Gasteiger partial charge on any atom is 0.407 e. The van der Waals surface area contributed by atoms with E-state index in [1.54, 1.807) is 19.1 Å². The van der Waals surface area contributed by atoms with E-state index in [0.717, 1.165) is 6.42 Å². The summed E-state index contributed by atoms with van der Waals surface area (Å²) in [6.07, 6.45) is 1.32. The van der Waals surface area contributed by atoms with Gasteiger partial charge < -0.3 is 30.3 Å². The summed E-state index contributed by atoms with van der Waals surface area (Å²) < 4.78 is 10.4. The largest absolute Gasteiger partial charge is 0.477 e. The highest BCUT2D eigenvalue weighted by atomic mass is 16.5. The number of carbonyl (C=O) groups is 2. The summed E-state index contributed by atoms with van der Waals surface area (Å²) >= 11 is 0. The van der Waals surface area contributed by atoms with Gasteiger partial charge in [0.05, 0.1) is 24.2 Å². The Morgan fingerprint density at radius 3 is 2.88 bits per heavy atom. The molecule has 2 aromatic rings. The predicted molar refractivity (Wildman–Crippen MR) is 91.0 cm³/mol. The van der Waals surface area contributed by atoms with Gasteiger partial charge in [-0.05, 0) is 19.4 Å². The summed E-state index contributed by atoms with van der Waals surface area (Å²) in [5.41, 5.74) is 6.65. The highest BCUT2D eigenvalue weighted by Crippen LogP contribution is 2.20. The van der Waals surface area contributed by atoms with Crippen LogP contribution in [-0.2, 0) is 0 Å². The first kappa shape index (κ1) is 17.5. The summed E-state index contributed by atoms with van der Waals surface area (Å²) in [4.78, 5) is 28.6. The number of nitrogens with one attached hydrogen (secondary N) is 1. The molecular formula is C16H19N5O5. The lowest BCUT2D eigenvalue weighted by Crippen LogP contribution is -2.27. The number of likely N-dealkylation sites (tertiary alicyclic amines) is 1. The van der Waals surface area contributed by atoms with Gasteiger partial charge in [-0.15, -0.1) is 0 Å². The number of hydrogen-bond donors (Lipinski definition) is 3. The van der Waals surface area contributed by atoms with E-state index in [1.165, 1.54) is 11.1 Å². The Kier molecular flexibility index (Phi) is 4.92. The van der Waals surface area contributed by atoms with Crippen molar-refractivity contribution in [3.05, 3.63) is 29.6 Å². The average molecular weight is 361 g/mol. The Morgan fingerprint density at radius 1 is 1.50 bits per heavy atom. The highest BCUT2D eigenvalue weighted by Gasteiger charge is 2.26. The number of nitrogen functional groups attached to an aromatic ring is 1. The smallest absolute Gasteiger partial charge is 0.407 e. The summed E-state index contributed by atoms with van der Waals surface area (Å²) in [5.74, 6) is 0.0700. The SMILES string of the molecule is Cc1noc(N)c1C(=O)Nc1ccc(OC[C@H]2CCN(C(=O)O)C2)nc1. The molecule has 2 aromatic heterocycles. The van der Waals surface area contributed by atoms with Crippen LogP contribution in [0.5, 0.6) is 5.88 Å². The van der Waals surface area contributed by atoms with Crippen LogP contribution < -0.4 is 15.8 Å². The monoisotopic (exact) mass is 361 g/mol. The van der Waals surface area contributed by atoms with Crippen LogP contribution >= 0.6 is 0 Å². The van der Waals surface area contributed by atoms with Crippen molar-refractivity contribution in [3.63, 3.8) is 0 Å². The number of anilines is 2. The van der Waals surface area contributed by atoms with E-state index in [4.69, 9.17) is 20.1 Å². The van der Waals surface area contributed by atoms with Gasteiger partial charge in [-0.25, -0.2) is 9.78 Å². The summed E-state index contributed by atoms with van der Waals surface area (Å²) in [7, 11) is 0. The van der Waals surface area contributed by atoms with Gasteiger partial charge in [0.1, 0.15) is 5.56 Å². The van der Waals surface area contributed by atoms with E-state index in [-0.39, 0.29) is 17.4 Å². The molecule has 138 valence electrons. The average Bonchev–Trinajstić information content (AvgIpc) is 3.21. The van der Waals surface area contributed by atoms with Gasteiger partial charge in [-0.1, -0.05) is 5.16 Å². The van der Waals surface area contributed by atoms with Crippen LogP contribution in [-0.4, -0.2) is 51.8 Å². The molecule has 0 bridgehead atoms. The van der Waals surface area contributed by atoms with Crippen LogP contribution in [0.3, 0.4) is 0 Å². The number of hydrogen-bond acceptors (Lipinski definition) is 7. The Morgan fingerprint density at radius 2 is 2.31 bits per heavy atom. The summed E-state index contributed by atoms with van der Waals surface area (Å²) in [6.45, 7) is 2.99. The number of amides is 2. The van der Waals surface area contributed by atoms with Crippen molar-refractivity contribution in [1.82, 2.24) is 15.0 Å².